The maximum absolute atomic E-state index is 11.7. The molecule has 0 aromatic heterocycles. The molecule has 1 saturated heterocycles. The van der Waals surface area contributed by atoms with Crippen LogP contribution in [-0.2, 0) is 4.79 Å². The van der Waals surface area contributed by atoms with E-state index in [2.05, 4.69) is 24.1 Å². The molecular formula is C13H25N3OS. The summed E-state index contributed by atoms with van der Waals surface area (Å²) < 4.78 is 0. The van der Waals surface area contributed by atoms with E-state index in [9.17, 15) is 4.79 Å². The maximum atomic E-state index is 11.7. The number of unbranched alkanes of at least 4 members (excludes halogenated alkanes) is 1. The third-order valence-corrected chi connectivity index (χ3v) is 4.27. The van der Waals surface area contributed by atoms with E-state index in [1.165, 1.54) is 0 Å². The van der Waals surface area contributed by atoms with Gasteiger partial charge in [0.2, 0.25) is 5.91 Å². The minimum Gasteiger partial charge on any atom is -0.393 e. The fourth-order valence-electron chi connectivity index (χ4n) is 2.11. The predicted molar refractivity (Wildman–Crippen MR) is 78.5 cm³/mol. The van der Waals surface area contributed by atoms with E-state index in [0.29, 0.717) is 11.5 Å². The molecule has 104 valence electrons. The summed E-state index contributed by atoms with van der Waals surface area (Å²) in [5.41, 5.74) is 5.74. The van der Waals surface area contributed by atoms with Gasteiger partial charge in [-0.3, -0.25) is 9.69 Å². The molecule has 0 bridgehead atoms. The molecule has 4 nitrogen and oxygen atoms in total. The van der Waals surface area contributed by atoms with Crippen LogP contribution < -0.4 is 11.1 Å². The average molecular weight is 271 g/mol. The van der Waals surface area contributed by atoms with E-state index in [1.54, 1.807) is 0 Å². The zero-order valence-electron chi connectivity index (χ0n) is 11.5. The fourth-order valence-corrected chi connectivity index (χ4v) is 2.32. The van der Waals surface area contributed by atoms with Crippen molar-refractivity contribution in [2.75, 3.05) is 26.2 Å². The molecule has 3 N–H and O–H groups in total. The molecule has 0 unspecified atom stereocenters. The molecule has 0 atom stereocenters. The Morgan fingerprint density at radius 1 is 1.44 bits per heavy atom. The molecule has 0 aromatic carbocycles. The molecule has 0 aromatic rings. The second-order valence-electron chi connectivity index (χ2n) is 5.40. The van der Waals surface area contributed by atoms with Gasteiger partial charge < -0.3 is 11.1 Å². The van der Waals surface area contributed by atoms with Crippen LogP contribution in [0, 0.1) is 5.41 Å². The van der Waals surface area contributed by atoms with Crippen molar-refractivity contribution in [2.24, 2.45) is 11.1 Å². The topological polar surface area (TPSA) is 58.4 Å². The van der Waals surface area contributed by atoms with Gasteiger partial charge in [0.25, 0.3) is 0 Å². The number of hydrogen-bond donors (Lipinski definition) is 2. The third-order valence-electron chi connectivity index (χ3n) is 3.77. The van der Waals surface area contributed by atoms with Gasteiger partial charge >= 0.3 is 0 Å². The Balaban J connectivity index is 2.27. The third kappa shape index (κ3) is 4.53. The number of hydrogen-bond acceptors (Lipinski definition) is 3. The summed E-state index contributed by atoms with van der Waals surface area (Å²) in [6.07, 6.45) is 4.05. The normalized spacial score (nSPS) is 19.4. The molecule has 1 rings (SSSR count). The Labute approximate surface area is 115 Å². The van der Waals surface area contributed by atoms with Crippen LogP contribution in [0.4, 0.5) is 0 Å². The van der Waals surface area contributed by atoms with Crippen LogP contribution >= 0.6 is 12.2 Å². The van der Waals surface area contributed by atoms with Crippen LogP contribution in [0.2, 0.25) is 0 Å². The first-order chi connectivity index (χ1) is 8.48. The van der Waals surface area contributed by atoms with Crippen molar-refractivity contribution in [1.29, 1.82) is 0 Å². The summed E-state index contributed by atoms with van der Waals surface area (Å²) in [6, 6.07) is 0. The number of nitrogens with two attached hydrogens (primary N) is 1. The SMILES string of the molecule is CCCCNC(=O)CN1CCC(C)(C(N)=S)CC1. The van der Waals surface area contributed by atoms with Crippen LogP contribution in [0.1, 0.15) is 39.5 Å². The largest absolute Gasteiger partial charge is 0.393 e. The predicted octanol–water partition coefficient (Wildman–Crippen LogP) is 1.29. The quantitative estimate of drug-likeness (QED) is 0.564. The molecule has 1 amide bonds. The number of amides is 1. The lowest BCUT2D eigenvalue weighted by molar-refractivity contribution is -0.122. The van der Waals surface area contributed by atoms with E-state index in [1.807, 2.05) is 0 Å². The summed E-state index contributed by atoms with van der Waals surface area (Å²) in [5.74, 6) is 0.127. The number of nitrogens with zero attached hydrogens (tertiary/aromatic N) is 1. The number of carbonyl (C=O) groups excluding carboxylic acids is 1. The summed E-state index contributed by atoms with van der Waals surface area (Å²) >= 11 is 5.11. The lowest BCUT2D eigenvalue weighted by Gasteiger charge is -2.38. The second kappa shape index (κ2) is 7.04. The summed E-state index contributed by atoms with van der Waals surface area (Å²) in [5, 5.41) is 2.94. The van der Waals surface area contributed by atoms with Crippen molar-refractivity contribution < 1.29 is 4.79 Å². The van der Waals surface area contributed by atoms with Gasteiger partial charge in [-0.05, 0) is 32.4 Å². The lowest BCUT2D eigenvalue weighted by atomic mass is 9.80. The first-order valence-corrected chi connectivity index (χ1v) is 7.18. The number of rotatable bonds is 6. The van der Waals surface area contributed by atoms with Crippen molar-refractivity contribution in [3.8, 4) is 0 Å². The fraction of sp³-hybridized carbons (Fsp3) is 0.846. The molecule has 0 spiro atoms. The molecule has 0 aliphatic carbocycles. The first kappa shape index (κ1) is 15.4. The van der Waals surface area contributed by atoms with Gasteiger partial charge in [-0.1, -0.05) is 32.5 Å². The van der Waals surface area contributed by atoms with Gasteiger partial charge in [-0.25, -0.2) is 0 Å². The Kier molecular flexibility index (Phi) is 6.02. The van der Waals surface area contributed by atoms with Crippen molar-refractivity contribution in [1.82, 2.24) is 10.2 Å². The number of piperidine rings is 1. The Bertz CT molecular complexity index is 299. The van der Waals surface area contributed by atoms with Crippen LogP contribution in [-0.4, -0.2) is 42.0 Å². The minimum absolute atomic E-state index is 0.0233. The highest BCUT2D eigenvalue weighted by Gasteiger charge is 2.32. The Morgan fingerprint density at radius 2 is 2.06 bits per heavy atom. The second-order valence-corrected chi connectivity index (χ2v) is 5.84. The van der Waals surface area contributed by atoms with Crippen LogP contribution in [0.15, 0.2) is 0 Å². The van der Waals surface area contributed by atoms with E-state index in [0.717, 1.165) is 45.3 Å². The molecule has 1 aliphatic rings. The number of thiocarbonyl (C=S) groups is 1. The van der Waals surface area contributed by atoms with E-state index in [-0.39, 0.29) is 11.3 Å². The number of carbonyl (C=O) groups is 1. The molecule has 0 radical (unpaired) electrons. The van der Waals surface area contributed by atoms with Crippen molar-refractivity contribution >= 4 is 23.1 Å². The molecule has 5 heteroatoms. The molecule has 1 heterocycles. The van der Waals surface area contributed by atoms with Gasteiger partial charge in [0.05, 0.1) is 11.5 Å². The first-order valence-electron chi connectivity index (χ1n) is 6.77. The highest BCUT2D eigenvalue weighted by atomic mass is 32.1. The van der Waals surface area contributed by atoms with Crippen LogP contribution in [0.25, 0.3) is 0 Å². The number of likely N-dealkylation sites (tertiary alicyclic amines) is 1. The van der Waals surface area contributed by atoms with Gasteiger partial charge in [-0.15, -0.1) is 0 Å². The zero-order valence-corrected chi connectivity index (χ0v) is 12.3. The Morgan fingerprint density at radius 3 is 2.56 bits per heavy atom. The van der Waals surface area contributed by atoms with Gasteiger partial charge in [0.15, 0.2) is 0 Å². The monoisotopic (exact) mass is 271 g/mol. The van der Waals surface area contributed by atoms with Gasteiger partial charge in [0, 0.05) is 12.0 Å². The highest BCUT2D eigenvalue weighted by molar-refractivity contribution is 7.80. The summed E-state index contributed by atoms with van der Waals surface area (Å²) in [6.45, 7) is 7.32. The van der Waals surface area contributed by atoms with Crippen molar-refractivity contribution in [3.63, 3.8) is 0 Å². The van der Waals surface area contributed by atoms with E-state index >= 15 is 0 Å². The minimum atomic E-state index is -0.0233. The van der Waals surface area contributed by atoms with E-state index in [4.69, 9.17) is 18.0 Å². The average Bonchev–Trinajstić information content (AvgIpc) is 2.32. The zero-order chi connectivity index (χ0) is 13.6. The van der Waals surface area contributed by atoms with Gasteiger partial charge in [-0.2, -0.15) is 0 Å². The molecule has 1 aliphatic heterocycles. The molecule has 1 fully saturated rings. The summed E-state index contributed by atoms with van der Waals surface area (Å²) in [7, 11) is 0. The van der Waals surface area contributed by atoms with Crippen molar-refractivity contribution in [2.45, 2.75) is 39.5 Å². The van der Waals surface area contributed by atoms with Gasteiger partial charge in [0.1, 0.15) is 0 Å². The number of nitrogens with one attached hydrogen (secondary N) is 1. The molecule has 0 saturated carbocycles. The van der Waals surface area contributed by atoms with Crippen molar-refractivity contribution in [3.05, 3.63) is 0 Å². The Hall–Kier alpha value is -0.680. The molecular weight excluding hydrogens is 246 g/mol. The lowest BCUT2D eigenvalue weighted by Crippen LogP contribution is -2.47. The summed E-state index contributed by atoms with van der Waals surface area (Å²) in [4.78, 5) is 14.5. The smallest absolute Gasteiger partial charge is 0.234 e. The highest BCUT2D eigenvalue weighted by Crippen LogP contribution is 2.30. The van der Waals surface area contributed by atoms with Crippen LogP contribution in [0.3, 0.4) is 0 Å². The molecule has 18 heavy (non-hydrogen) atoms. The van der Waals surface area contributed by atoms with E-state index < -0.39 is 0 Å². The van der Waals surface area contributed by atoms with Crippen LogP contribution in [0.5, 0.6) is 0 Å². The maximum Gasteiger partial charge on any atom is 0.234 e. The standard InChI is InChI=1S/C13H25N3OS/c1-3-4-7-15-11(17)10-16-8-5-13(2,6-9-16)12(14)18/h3-10H2,1-2H3,(H2,14,18)(H,15,17).